The number of aliphatic imine (C=N–C) groups is 3. The van der Waals surface area contributed by atoms with Gasteiger partial charge in [-0.15, -0.1) is 0 Å². The average molecular weight is 727 g/mol. The van der Waals surface area contributed by atoms with Gasteiger partial charge in [0, 0.05) is 53.6 Å². The van der Waals surface area contributed by atoms with E-state index < -0.39 is 0 Å². The molecule has 3 saturated heterocycles. The predicted octanol–water partition coefficient (Wildman–Crippen LogP) is 9.62. The van der Waals surface area contributed by atoms with E-state index in [1.165, 1.54) is 104 Å². The van der Waals surface area contributed by atoms with Crippen LogP contribution in [0.2, 0.25) is 0 Å². The molecule has 0 radical (unpaired) electrons. The van der Waals surface area contributed by atoms with Crippen molar-refractivity contribution < 1.29 is 9.47 Å². The molecular weight excluding hydrogens is 665 g/mol. The number of nitrogens with zero attached hydrogens (tertiary/aromatic N) is 3. The molecule has 0 aromatic heterocycles. The van der Waals surface area contributed by atoms with E-state index in [-0.39, 0.29) is 41.2 Å². The Morgan fingerprint density at radius 1 is 0.870 bits per heavy atom. The summed E-state index contributed by atoms with van der Waals surface area (Å²) < 4.78 is 14.1. The number of benzene rings is 1. The summed E-state index contributed by atoms with van der Waals surface area (Å²) in [4.78, 5) is 16.2. The number of nitrogens with one attached hydrogen (secondary N) is 1. The first-order valence-corrected chi connectivity index (χ1v) is 22.2. The molecule has 5 heterocycles. The third kappa shape index (κ3) is 6.12. The first-order valence-electron chi connectivity index (χ1n) is 22.2. The number of hydrogen-bond donors (Lipinski definition) is 1. The summed E-state index contributed by atoms with van der Waals surface area (Å²) in [7, 11) is 0. The second-order valence-corrected chi connectivity index (χ2v) is 18.4. The van der Waals surface area contributed by atoms with Crippen molar-refractivity contribution in [1.82, 2.24) is 5.32 Å². The maximum absolute atomic E-state index is 7.34. The van der Waals surface area contributed by atoms with E-state index in [1.807, 2.05) is 0 Å². The highest BCUT2D eigenvalue weighted by Crippen LogP contribution is 2.61. The highest BCUT2D eigenvalue weighted by atomic mass is 16.5. The van der Waals surface area contributed by atoms with Crippen LogP contribution in [-0.2, 0) is 22.3 Å². The Balaban J connectivity index is 0.992. The third-order valence-corrected chi connectivity index (χ3v) is 15.4. The Morgan fingerprint density at radius 2 is 1.80 bits per heavy atom. The molecule has 6 nitrogen and oxygen atoms in total. The molecule has 4 aliphatic carbocycles. The fraction of sp³-hybridized carbons (Fsp3) is 0.646. The molecule has 0 bridgehead atoms. The molecule has 1 saturated carbocycles. The van der Waals surface area contributed by atoms with Gasteiger partial charge in [-0.3, -0.25) is 9.98 Å². The number of rotatable bonds is 6. The molecule has 4 fully saturated rings. The molecule has 54 heavy (non-hydrogen) atoms. The van der Waals surface area contributed by atoms with Gasteiger partial charge < -0.3 is 14.8 Å². The van der Waals surface area contributed by atoms with Crippen molar-refractivity contribution in [3.8, 4) is 0 Å². The second kappa shape index (κ2) is 14.9. The number of hydrogen-bond acceptors (Lipinski definition) is 6. The maximum Gasteiger partial charge on any atom is 0.130 e. The number of amidine groups is 1. The van der Waals surface area contributed by atoms with Crippen LogP contribution in [0.4, 0.5) is 0 Å². The van der Waals surface area contributed by atoms with Crippen molar-refractivity contribution in [1.29, 1.82) is 0 Å². The molecule has 10 unspecified atom stereocenters. The minimum Gasteiger partial charge on any atom is -0.375 e. The number of fused-ring (bicyclic) bond motifs is 3. The molecule has 0 amide bonds. The van der Waals surface area contributed by atoms with Gasteiger partial charge in [0.15, 0.2) is 0 Å². The summed E-state index contributed by atoms with van der Waals surface area (Å²) in [6, 6.07) is 7.25. The van der Waals surface area contributed by atoms with E-state index >= 15 is 0 Å². The minimum atomic E-state index is -0.0629. The Kier molecular flexibility index (Phi) is 9.76. The summed E-state index contributed by atoms with van der Waals surface area (Å²) in [5.41, 5.74) is 8.33. The van der Waals surface area contributed by atoms with Crippen LogP contribution >= 0.6 is 0 Å². The lowest BCUT2D eigenvalue weighted by atomic mass is 9.46. The number of ether oxygens (including phenoxy) is 2. The van der Waals surface area contributed by atoms with Gasteiger partial charge in [-0.05, 0) is 138 Å². The molecular formula is C48H62N4O2. The van der Waals surface area contributed by atoms with E-state index in [0.29, 0.717) is 17.8 Å². The Labute approximate surface area is 323 Å². The normalized spacial score (nSPS) is 40.5. The maximum atomic E-state index is 7.34. The molecule has 1 aromatic carbocycles. The van der Waals surface area contributed by atoms with E-state index in [2.05, 4.69) is 73.1 Å². The lowest BCUT2D eigenvalue weighted by Gasteiger charge is -2.65. The Hall–Kier alpha value is -2.93. The standard InChI is InChI=1S/C48H62N4O2/c1-47(25-10-12-27-50-47)48(44-19-9-11-26-49-44)38-17-7-8-18-42(38)54-43-30-35(22-23-39(43)48)37-24-28-53-45(37)41-31-40(51-46(52-41)33-14-3-2-4-15-33)36-21-20-32-13-5-6-16-34(32)29-36/h3,11,14,20-23,26,29-30,33,37-39,41-43,45,50H,2,4-10,12-13,15-19,24-25,27-28,31H2,1H3. The van der Waals surface area contributed by atoms with Gasteiger partial charge >= 0.3 is 0 Å². The van der Waals surface area contributed by atoms with E-state index in [1.54, 1.807) is 0 Å². The molecule has 1 N–H and O–H groups in total. The van der Waals surface area contributed by atoms with Crippen LogP contribution in [-0.4, -0.2) is 60.3 Å². The van der Waals surface area contributed by atoms with E-state index in [9.17, 15) is 0 Å². The van der Waals surface area contributed by atoms with Crippen molar-refractivity contribution in [3.63, 3.8) is 0 Å². The van der Waals surface area contributed by atoms with E-state index in [4.69, 9.17) is 24.5 Å². The van der Waals surface area contributed by atoms with Crippen LogP contribution in [0.3, 0.4) is 0 Å². The Morgan fingerprint density at radius 3 is 2.65 bits per heavy atom. The topological polar surface area (TPSA) is 67.6 Å². The van der Waals surface area contributed by atoms with Crippen molar-refractivity contribution >= 4 is 17.3 Å². The van der Waals surface area contributed by atoms with Crippen molar-refractivity contribution in [2.24, 2.45) is 44.1 Å². The molecule has 6 heteroatoms. The fourth-order valence-electron chi connectivity index (χ4n) is 12.9. The molecule has 0 spiro atoms. The van der Waals surface area contributed by atoms with Gasteiger partial charge in [0.2, 0.25) is 0 Å². The van der Waals surface area contributed by atoms with Crippen molar-refractivity contribution in [2.75, 3.05) is 13.2 Å². The quantitative estimate of drug-likeness (QED) is 0.297. The monoisotopic (exact) mass is 726 g/mol. The average Bonchev–Trinajstić information content (AvgIpc) is 3.74. The largest absolute Gasteiger partial charge is 0.375 e. The molecule has 5 aliphatic heterocycles. The summed E-state index contributed by atoms with van der Waals surface area (Å²) >= 11 is 0. The lowest BCUT2D eigenvalue weighted by molar-refractivity contribution is -0.176. The number of piperidine rings is 1. The smallest absolute Gasteiger partial charge is 0.130 e. The van der Waals surface area contributed by atoms with Crippen LogP contribution in [0.5, 0.6) is 0 Å². The van der Waals surface area contributed by atoms with Crippen LogP contribution in [0.1, 0.15) is 126 Å². The van der Waals surface area contributed by atoms with Crippen molar-refractivity contribution in [3.05, 3.63) is 83.1 Å². The van der Waals surface area contributed by atoms with Gasteiger partial charge in [0.25, 0.3) is 0 Å². The SMILES string of the molecule is CC1(C2(C3=NC=CCC3)C3C=CC(C4CCOC4C4CC(c5ccc6c(c5)CCCC6)=NC(C5C=CCCC5)=N4)=CC3OC3CCCCC32)CCCCN1. The first kappa shape index (κ1) is 35.5. The first-order chi connectivity index (χ1) is 26.6. The zero-order valence-electron chi connectivity index (χ0n) is 32.7. The molecule has 1 aromatic rings. The fourth-order valence-corrected chi connectivity index (χ4v) is 12.9. The molecule has 10 atom stereocenters. The van der Waals surface area contributed by atoms with Gasteiger partial charge in [0.1, 0.15) is 5.84 Å². The molecule has 286 valence electrons. The summed E-state index contributed by atoms with van der Waals surface area (Å²) in [5, 5.41) is 4.19. The van der Waals surface area contributed by atoms with Crippen LogP contribution in [0.15, 0.2) is 81.4 Å². The van der Waals surface area contributed by atoms with Crippen LogP contribution in [0, 0.1) is 29.1 Å². The highest BCUT2D eigenvalue weighted by molar-refractivity contribution is 6.10. The minimum absolute atomic E-state index is 0.00982. The van der Waals surface area contributed by atoms with Crippen molar-refractivity contribution in [2.45, 2.75) is 152 Å². The van der Waals surface area contributed by atoms with Gasteiger partial charge in [-0.2, -0.15) is 0 Å². The zero-order valence-corrected chi connectivity index (χ0v) is 32.7. The van der Waals surface area contributed by atoms with E-state index in [0.717, 1.165) is 63.9 Å². The van der Waals surface area contributed by atoms with Gasteiger partial charge in [-0.25, -0.2) is 4.99 Å². The number of aryl methyl sites for hydroxylation is 2. The predicted molar refractivity (Wildman–Crippen MR) is 220 cm³/mol. The van der Waals surface area contributed by atoms with Gasteiger partial charge in [-0.1, -0.05) is 67.9 Å². The number of allylic oxidation sites excluding steroid dienone is 3. The summed E-state index contributed by atoms with van der Waals surface area (Å²) in [5.74, 6) is 2.37. The molecule has 10 rings (SSSR count). The van der Waals surface area contributed by atoms with Crippen LogP contribution < -0.4 is 5.32 Å². The van der Waals surface area contributed by atoms with Gasteiger partial charge in [0.05, 0.1) is 30.1 Å². The summed E-state index contributed by atoms with van der Waals surface area (Å²) in [6.45, 7) is 4.45. The third-order valence-electron chi connectivity index (χ3n) is 15.4. The lowest BCUT2D eigenvalue weighted by Crippen LogP contribution is -2.73. The molecule has 9 aliphatic rings. The second-order valence-electron chi connectivity index (χ2n) is 18.4. The summed E-state index contributed by atoms with van der Waals surface area (Å²) in [6.07, 6.45) is 38.4. The highest BCUT2D eigenvalue weighted by Gasteiger charge is 2.65. The Bertz CT molecular complexity index is 1810. The van der Waals surface area contributed by atoms with Crippen LogP contribution in [0.25, 0.3) is 0 Å². The zero-order chi connectivity index (χ0) is 36.1.